The van der Waals surface area contributed by atoms with Crippen molar-refractivity contribution in [1.82, 2.24) is 0 Å². The molecule has 1 saturated carbocycles. The first kappa shape index (κ1) is 15.2. The fourth-order valence-corrected chi connectivity index (χ4v) is 2.57. The number of hydrogen-bond acceptors (Lipinski definition) is 6. The summed E-state index contributed by atoms with van der Waals surface area (Å²) in [6, 6.07) is 0. The highest BCUT2D eigenvalue weighted by Gasteiger charge is 2.56. The minimum Gasteiger partial charge on any atom is -0.385 e. The monoisotopic (exact) mass is 276 g/mol. The summed E-state index contributed by atoms with van der Waals surface area (Å²) in [5, 5.41) is 30.0. The maximum atomic E-state index is 10.2. The molecule has 1 aliphatic heterocycles. The zero-order chi connectivity index (χ0) is 14.0. The average molecular weight is 276 g/mol. The quantitative estimate of drug-likeness (QED) is 0.647. The van der Waals surface area contributed by atoms with Gasteiger partial charge in [-0.25, -0.2) is 0 Å². The Morgan fingerprint density at radius 1 is 1.16 bits per heavy atom. The molecule has 19 heavy (non-hydrogen) atoms. The van der Waals surface area contributed by atoms with Crippen molar-refractivity contribution < 1.29 is 29.5 Å². The van der Waals surface area contributed by atoms with Crippen LogP contribution in [0.1, 0.15) is 46.0 Å². The molecule has 0 radical (unpaired) electrons. The molecule has 0 amide bonds. The summed E-state index contributed by atoms with van der Waals surface area (Å²) in [4.78, 5) is 0. The van der Waals surface area contributed by atoms with Crippen molar-refractivity contribution in [2.24, 2.45) is 0 Å². The number of aliphatic hydroxyl groups excluding tert-OH is 2. The van der Waals surface area contributed by atoms with Crippen LogP contribution >= 0.6 is 0 Å². The van der Waals surface area contributed by atoms with E-state index in [1.54, 1.807) is 13.8 Å². The molecule has 2 rings (SSSR count). The van der Waals surface area contributed by atoms with Crippen LogP contribution in [0.5, 0.6) is 0 Å². The lowest BCUT2D eigenvalue weighted by Gasteiger charge is -2.32. The first-order valence-corrected chi connectivity index (χ1v) is 7.02. The van der Waals surface area contributed by atoms with Crippen molar-refractivity contribution in [2.75, 3.05) is 0 Å². The molecule has 0 aromatic carbocycles. The lowest BCUT2D eigenvalue weighted by Crippen LogP contribution is -2.48. The molecule has 0 aromatic heterocycles. The van der Waals surface area contributed by atoms with E-state index in [2.05, 4.69) is 0 Å². The molecule has 0 spiro atoms. The van der Waals surface area contributed by atoms with Gasteiger partial charge in [-0.15, -0.1) is 0 Å². The Bertz CT molecular complexity index is 291. The van der Waals surface area contributed by atoms with Crippen LogP contribution in [0.15, 0.2) is 0 Å². The molecular weight excluding hydrogens is 252 g/mol. The van der Waals surface area contributed by atoms with Crippen LogP contribution < -0.4 is 0 Å². The predicted molar refractivity (Wildman–Crippen MR) is 66.0 cm³/mol. The molecule has 0 bridgehead atoms. The van der Waals surface area contributed by atoms with Gasteiger partial charge in [0.1, 0.15) is 6.10 Å². The second-order valence-electron chi connectivity index (χ2n) is 5.62. The molecule has 1 aliphatic carbocycles. The van der Waals surface area contributed by atoms with Crippen molar-refractivity contribution in [3.63, 3.8) is 0 Å². The molecule has 6 heteroatoms. The Morgan fingerprint density at radius 2 is 1.79 bits per heavy atom. The van der Waals surface area contributed by atoms with Gasteiger partial charge < -0.3 is 24.8 Å². The SMILES string of the molecule is CC(C)OC1OC(O)(OC2CCCCC2)[C@H](O)[C@@H]1O. The van der Waals surface area contributed by atoms with Gasteiger partial charge in [-0.2, -0.15) is 0 Å². The van der Waals surface area contributed by atoms with Crippen LogP contribution in [-0.4, -0.2) is 52.0 Å². The van der Waals surface area contributed by atoms with Crippen molar-refractivity contribution in [3.8, 4) is 0 Å². The van der Waals surface area contributed by atoms with Crippen molar-refractivity contribution in [3.05, 3.63) is 0 Å². The molecule has 2 unspecified atom stereocenters. The first-order valence-electron chi connectivity index (χ1n) is 7.02. The van der Waals surface area contributed by atoms with Gasteiger partial charge in [0, 0.05) is 0 Å². The van der Waals surface area contributed by atoms with E-state index < -0.39 is 24.5 Å². The minimum absolute atomic E-state index is 0.154. The van der Waals surface area contributed by atoms with E-state index in [4.69, 9.17) is 14.2 Å². The normalized spacial score (nSPS) is 41.1. The van der Waals surface area contributed by atoms with Crippen molar-refractivity contribution in [2.45, 2.75) is 82.6 Å². The molecule has 3 N–H and O–H groups in total. The molecule has 2 aliphatic rings. The van der Waals surface area contributed by atoms with Gasteiger partial charge in [0.15, 0.2) is 12.4 Å². The van der Waals surface area contributed by atoms with Gasteiger partial charge in [0.25, 0.3) is 0 Å². The molecule has 1 saturated heterocycles. The van der Waals surface area contributed by atoms with Crippen molar-refractivity contribution >= 4 is 0 Å². The Morgan fingerprint density at radius 3 is 2.37 bits per heavy atom. The predicted octanol–water partition coefficient (Wildman–Crippen LogP) is 0.485. The highest BCUT2D eigenvalue weighted by Crippen LogP contribution is 2.35. The number of aliphatic hydroxyl groups is 3. The second kappa shape index (κ2) is 6.03. The summed E-state index contributed by atoms with van der Waals surface area (Å²) in [6.45, 7) is 3.56. The summed E-state index contributed by atoms with van der Waals surface area (Å²) in [5.41, 5.74) is 0. The van der Waals surface area contributed by atoms with E-state index in [1.807, 2.05) is 0 Å². The fraction of sp³-hybridized carbons (Fsp3) is 1.00. The Balaban J connectivity index is 1.97. The highest BCUT2D eigenvalue weighted by molar-refractivity contribution is 4.88. The largest absolute Gasteiger partial charge is 0.385 e. The molecule has 2 fully saturated rings. The van der Waals surface area contributed by atoms with Crippen LogP contribution in [0.2, 0.25) is 0 Å². The zero-order valence-electron chi connectivity index (χ0n) is 11.5. The second-order valence-corrected chi connectivity index (χ2v) is 5.62. The Hall–Kier alpha value is -0.240. The van der Waals surface area contributed by atoms with Gasteiger partial charge in [-0.05, 0) is 26.7 Å². The van der Waals surface area contributed by atoms with Gasteiger partial charge in [-0.3, -0.25) is 4.74 Å². The molecule has 0 aromatic rings. The Labute approximate surface area is 113 Å². The van der Waals surface area contributed by atoms with Gasteiger partial charge in [0.05, 0.1) is 12.2 Å². The van der Waals surface area contributed by atoms with E-state index in [9.17, 15) is 15.3 Å². The maximum Gasteiger partial charge on any atom is 0.313 e. The molecule has 6 nitrogen and oxygen atoms in total. The molecule has 112 valence electrons. The zero-order valence-corrected chi connectivity index (χ0v) is 11.5. The standard InChI is InChI=1S/C13H24O6/c1-8(2)17-12-10(14)11(15)13(16,19-12)18-9-6-4-3-5-7-9/h8-12,14-16H,3-7H2,1-2H3/t10-,11+,12?,13?/m0/s1. The fourth-order valence-electron chi connectivity index (χ4n) is 2.57. The third kappa shape index (κ3) is 3.45. The molecule has 4 atom stereocenters. The minimum atomic E-state index is -2.18. The van der Waals surface area contributed by atoms with E-state index >= 15 is 0 Å². The summed E-state index contributed by atoms with van der Waals surface area (Å²) < 4.78 is 16.0. The lowest BCUT2D eigenvalue weighted by molar-refractivity contribution is -0.407. The first-order chi connectivity index (χ1) is 8.92. The van der Waals surface area contributed by atoms with Crippen LogP contribution in [0.4, 0.5) is 0 Å². The van der Waals surface area contributed by atoms with Gasteiger partial charge in [0.2, 0.25) is 0 Å². The summed E-state index contributed by atoms with van der Waals surface area (Å²) in [6.07, 6.45) is 0.592. The molecular formula is C13H24O6. The van der Waals surface area contributed by atoms with E-state index in [0.717, 1.165) is 32.1 Å². The van der Waals surface area contributed by atoms with Gasteiger partial charge >= 0.3 is 5.97 Å². The Kier molecular flexibility index (Phi) is 4.81. The number of rotatable bonds is 4. The lowest BCUT2D eigenvalue weighted by atomic mass is 9.97. The average Bonchev–Trinajstić information content (AvgIpc) is 2.55. The third-order valence-corrected chi connectivity index (χ3v) is 3.56. The van der Waals surface area contributed by atoms with Crippen LogP contribution in [-0.2, 0) is 14.2 Å². The van der Waals surface area contributed by atoms with Crippen molar-refractivity contribution in [1.29, 1.82) is 0 Å². The summed E-state index contributed by atoms with van der Waals surface area (Å²) in [5.74, 6) is -2.18. The number of hydrogen-bond donors (Lipinski definition) is 3. The van der Waals surface area contributed by atoms with Crippen LogP contribution in [0, 0.1) is 0 Å². The maximum absolute atomic E-state index is 10.2. The van der Waals surface area contributed by atoms with Crippen LogP contribution in [0.3, 0.4) is 0 Å². The van der Waals surface area contributed by atoms with E-state index in [1.165, 1.54) is 0 Å². The third-order valence-electron chi connectivity index (χ3n) is 3.56. The van der Waals surface area contributed by atoms with Crippen LogP contribution in [0.25, 0.3) is 0 Å². The van der Waals surface area contributed by atoms with E-state index in [0.29, 0.717) is 0 Å². The van der Waals surface area contributed by atoms with E-state index in [-0.39, 0.29) is 12.2 Å². The van der Waals surface area contributed by atoms with Gasteiger partial charge in [-0.1, -0.05) is 19.3 Å². The summed E-state index contributed by atoms with van der Waals surface area (Å²) in [7, 11) is 0. The summed E-state index contributed by atoms with van der Waals surface area (Å²) >= 11 is 0. The number of ether oxygens (including phenoxy) is 3. The highest BCUT2D eigenvalue weighted by atomic mass is 16.9. The topological polar surface area (TPSA) is 88.4 Å². The smallest absolute Gasteiger partial charge is 0.313 e. The molecule has 1 heterocycles.